The fourth-order valence-electron chi connectivity index (χ4n) is 2.27. The van der Waals surface area contributed by atoms with Crippen LogP contribution in [0.15, 0.2) is 0 Å². The third-order valence-electron chi connectivity index (χ3n) is 3.53. The van der Waals surface area contributed by atoms with Gasteiger partial charge in [0, 0.05) is 6.42 Å². The predicted octanol–water partition coefficient (Wildman–Crippen LogP) is 3.94. The number of unbranched alkanes of at least 4 members (excludes halogenated alkanes) is 6. The molecule has 0 aliphatic heterocycles. The molecule has 0 saturated heterocycles. The lowest BCUT2D eigenvalue weighted by Crippen LogP contribution is -2.19. The van der Waals surface area contributed by atoms with Crippen LogP contribution in [0.3, 0.4) is 0 Å². The molecule has 0 fully saturated rings. The average molecular weight is 272 g/mol. The molecule has 0 heterocycles. The molecule has 1 unspecified atom stereocenters. The summed E-state index contributed by atoms with van der Waals surface area (Å²) >= 11 is 0. The Kier molecular flexibility index (Phi) is 10.2. The Morgan fingerprint density at radius 1 is 0.842 bits per heavy atom. The van der Waals surface area contributed by atoms with Crippen molar-refractivity contribution in [2.24, 2.45) is 11.8 Å². The minimum absolute atomic E-state index is 0.202. The summed E-state index contributed by atoms with van der Waals surface area (Å²) < 4.78 is 0. The van der Waals surface area contributed by atoms with Gasteiger partial charge in [0.2, 0.25) is 0 Å². The summed E-state index contributed by atoms with van der Waals surface area (Å²) in [7, 11) is 0. The highest BCUT2D eigenvalue weighted by Crippen LogP contribution is 2.19. The Balaban J connectivity index is 3.39. The van der Waals surface area contributed by atoms with Gasteiger partial charge in [-0.2, -0.15) is 0 Å². The van der Waals surface area contributed by atoms with Gasteiger partial charge in [0.1, 0.15) is 0 Å². The summed E-state index contributed by atoms with van der Waals surface area (Å²) in [4.78, 5) is 21.3. The molecule has 0 rings (SSSR count). The van der Waals surface area contributed by atoms with Crippen molar-refractivity contribution < 1.29 is 19.8 Å². The number of carboxylic acids is 2. The molecule has 0 aromatic carbocycles. The smallest absolute Gasteiger partial charge is 0.306 e. The van der Waals surface area contributed by atoms with E-state index in [1.54, 1.807) is 0 Å². The standard InChI is InChI=1S/C15H28O4/c1-12(2)13(15(18)19)10-8-6-4-3-5-7-9-11-14(16)17/h12-13H,3-11H2,1-2H3,(H,16,17)(H,18,19). The van der Waals surface area contributed by atoms with E-state index in [0.717, 1.165) is 51.4 Å². The van der Waals surface area contributed by atoms with Crippen molar-refractivity contribution in [1.82, 2.24) is 0 Å². The average Bonchev–Trinajstić information content (AvgIpc) is 2.30. The van der Waals surface area contributed by atoms with Crippen molar-refractivity contribution in [3.05, 3.63) is 0 Å². The molecule has 2 N–H and O–H groups in total. The van der Waals surface area contributed by atoms with E-state index in [-0.39, 0.29) is 18.3 Å². The minimum Gasteiger partial charge on any atom is -0.481 e. The molecule has 0 spiro atoms. The van der Waals surface area contributed by atoms with Crippen LogP contribution < -0.4 is 0 Å². The lowest BCUT2D eigenvalue weighted by Gasteiger charge is -2.15. The fourth-order valence-corrected chi connectivity index (χ4v) is 2.27. The molecule has 112 valence electrons. The highest BCUT2D eigenvalue weighted by Gasteiger charge is 2.20. The molecule has 1 atom stereocenters. The summed E-state index contributed by atoms with van der Waals surface area (Å²) in [5, 5.41) is 17.5. The third kappa shape index (κ3) is 10.5. The molecule has 4 heteroatoms. The van der Waals surface area contributed by atoms with Crippen LogP contribution in [0.2, 0.25) is 0 Å². The molecule has 0 bridgehead atoms. The van der Waals surface area contributed by atoms with Crippen LogP contribution in [0.1, 0.15) is 71.6 Å². The molecule has 19 heavy (non-hydrogen) atoms. The van der Waals surface area contributed by atoms with Crippen LogP contribution in [0, 0.1) is 11.8 Å². The second-order valence-corrected chi connectivity index (χ2v) is 5.60. The zero-order valence-electron chi connectivity index (χ0n) is 12.2. The van der Waals surface area contributed by atoms with E-state index >= 15 is 0 Å². The topological polar surface area (TPSA) is 74.6 Å². The van der Waals surface area contributed by atoms with Gasteiger partial charge in [0.15, 0.2) is 0 Å². The Labute approximate surface area is 116 Å². The Morgan fingerprint density at radius 2 is 1.32 bits per heavy atom. The molecule has 0 amide bonds. The van der Waals surface area contributed by atoms with Gasteiger partial charge in [-0.05, 0) is 18.8 Å². The quantitative estimate of drug-likeness (QED) is 0.528. The molecule has 0 aliphatic carbocycles. The van der Waals surface area contributed by atoms with E-state index in [1.807, 2.05) is 13.8 Å². The maximum absolute atomic E-state index is 11.0. The van der Waals surface area contributed by atoms with Crippen LogP contribution in [0.5, 0.6) is 0 Å². The van der Waals surface area contributed by atoms with Crippen molar-refractivity contribution in [2.75, 3.05) is 0 Å². The highest BCUT2D eigenvalue weighted by molar-refractivity contribution is 5.70. The molecule has 0 saturated carbocycles. The molecular formula is C15H28O4. The van der Waals surface area contributed by atoms with Crippen molar-refractivity contribution >= 4 is 11.9 Å². The van der Waals surface area contributed by atoms with E-state index in [1.165, 1.54) is 0 Å². The largest absolute Gasteiger partial charge is 0.481 e. The number of aliphatic carboxylic acids is 2. The Hall–Kier alpha value is -1.06. The van der Waals surface area contributed by atoms with E-state index in [2.05, 4.69) is 0 Å². The summed E-state index contributed by atoms with van der Waals surface area (Å²) in [5.41, 5.74) is 0. The lowest BCUT2D eigenvalue weighted by molar-refractivity contribution is -0.143. The van der Waals surface area contributed by atoms with Gasteiger partial charge in [-0.15, -0.1) is 0 Å². The van der Waals surface area contributed by atoms with Gasteiger partial charge in [0.05, 0.1) is 5.92 Å². The van der Waals surface area contributed by atoms with E-state index in [4.69, 9.17) is 10.2 Å². The minimum atomic E-state index is -0.714. The monoisotopic (exact) mass is 272 g/mol. The number of rotatable bonds is 12. The first-order chi connectivity index (χ1) is 8.95. The van der Waals surface area contributed by atoms with E-state index in [0.29, 0.717) is 0 Å². The summed E-state index contributed by atoms with van der Waals surface area (Å²) in [5.74, 6) is -1.40. The van der Waals surface area contributed by atoms with E-state index in [9.17, 15) is 9.59 Å². The number of hydrogen-bond acceptors (Lipinski definition) is 2. The van der Waals surface area contributed by atoms with Crippen molar-refractivity contribution in [3.8, 4) is 0 Å². The van der Waals surface area contributed by atoms with Crippen molar-refractivity contribution in [2.45, 2.75) is 71.6 Å². The molecular weight excluding hydrogens is 244 g/mol. The van der Waals surface area contributed by atoms with Gasteiger partial charge in [-0.1, -0.05) is 52.4 Å². The van der Waals surface area contributed by atoms with Gasteiger partial charge in [-0.3, -0.25) is 9.59 Å². The zero-order chi connectivity index (χ0) is 14.7. The van der Waals surface area contributed by atoms with Crippen molar-refractivity contribution in [1.29, 1.82) is 0 Å². The van der Waals surface area contributed by atoms with Gasteiger partial charge in [0.25, 0.3) is 0 Å². The lowest BCUT2D eigenvalue weighted by atomic mass is 9.90. The molecule has 0 radical (unpaired) electrons. The maximum atomic E-state index is 11.0. The molecule has 0 aromatic rings. The second kappa shape index (κ2) is 10.8. The van der Waals surface area contributed by atoms with Crippen LogP contribution in [0.4, 0.5) is 0 Å². The van der Waals surface area contributed by atoms with Crippen LogP contribution in [-0.2, 0) is 9.59 Å². The SMILES string of the molecule is CC(C)C(CCCCCCCCCC(=O)O)C(=O)O. The first-order valence-corrected chi connectivity index (χ1v) is 7.39. The first-order valence-electron chi connectivity index (χ1n) is 7.39. The normalized spacial score (nSPS) is 12.6. The summed E-state index contributed by atoms with van der Waals surface area (Å²) in [6, 6.07) is 0. The number of hydrogen-bond donors (Lipinski definition) is 2. The summed E-state index contributed by atoms with van der Waals surface area (Å²) in [6.07, 6.45) is 8.18. The number of carboxylic acid groups (broad SMARTS) is 2. The van der Waals surface area contributed by atoms with Crippen LogP contribution in [0.25, 0.3) is 0 Å². The zero-order valence-corrected chi connectivity index (χ0v) is 12.2. The predicted molar refractivity (Wildman–Crippen MR) is 75.2 cm³/mol. The van der Waals surface area contributed by atoms with Crippen LogP contribution >= 0.6 is 0 Å². The van der Waals surface area contributed by atoms with Gasteiger partial charge >= 0.3 is 11.9 Å². The maximum Gasteiger partial charge on any atom is 0.306 e. The highest BCUT2D eigenvalue weighted by atomic mass is 16.4. The Morgan fingerprint density at radius 3 is 1.74 bits per heavy atom. The molecule has 4 nitrogen and oxygen atoms in total. The van der Waals surface area contributed by atoms with E-state index < -0.39 is 11.9 Å². The summed E-state index contributed by atoms with van der Waals surface area (Å²) in [6.45, 7) is 3.92. The number of carbonyl (C=O) groups is 2. The van der Waals surface area contributed by atoms with Crippen LogP contribution in [-0.4, -0.2) is 22.2 Å². The van der Waals surface area contributed by atoms with Gasteiger partial charge < -0.3 is 10.2 Å². The molecule has 0 aromatic heterocycles. The Bertz CT molecular complexity index is 261. The van der Waals surface area contributed by atoms with Gasteiger partial charge in [-0.25, -0.2) is 0 Å². The first kappa shape index (κ1) is 17.9. The molecule has 0 aliphatic rings. The second-order valence-electron chi connectivity index (χ2n) is 5.60. The van der Waals surface area contributed by atoms with Crippen molar-refractivity contribution in [3.63, 3.8) is 0 Å². The third-order valence-corrected chi connectivity index (χ3v) is 3.53. The fraction of sp³-hybridized carbons (Fsp3) is 0.867.